The number of hydrogen-bond acceptors (Lipinski definition) is 4. The van der Waals surface area contributed by atoms with Crippen molar-refractivity contribution in [3.63, 3.8) is 0 Å². The average Bonchev–Trinajstić information content (AvgIpc) is 2.45. The van der Waals surface area contributed by atoms with Crippen LogP contribution in [0.25, 0.3) is 0 Å². The van der Waals surface area contributed by atoms with Crippen molar-refractivity contribution in [2.75, 3.05) is 59.5 Å². The highest BCUT2D eigenvalue weighted by Gasteiger charge is 2.31. The molecule has 3 aliphatic rings. The molecule has 0 spiro atoms. The molecule has 0 aromatic carbocycles. The number of piperazine rings is 1. The quantitative estimate of drug-likeness (QED) is 0.814. The molecule has 0 amide bonds. The lowest BCUT2D eigenvalue weighted by molar-refractivity contribution is -0.0166. The molecule has 0 atom stereocenters. The maximum atomic E-state index is 5.38. The zero-order valence-corrected chi connectivity index (χ0v) is 13.0. The second kappa shape index (κ2) is 7.21. The van der Waals surface area contributed by atoms with E-state index in [1.165, 1.54) is 78.0 Å². The van der Waals surface area contributed by atoms with E-state index in [9.17, 15) is 0 Å². The van der Waals surface area contributed by atoms with Gasteiger partial charge in [-0.15, -0.1) is 0 Å². The highest BCUT2D eigenvalue weighted by atomic mass is 16.5. The molecule has 20 heavy (non-hydrogen) atoms. The van der Waals surface area contributed by atoms with Crippen molar-refractivity contribution in [2.24, 2.45) is 11.8 Å². The van der Waals surface area contributed by atoms with E-state index in [0.29, 0.717) is 6.10 Å². The standard InChI is InChI=1S/C16H31N3O/c1-20-16-10-15(11-16)13-19-8-6-18(7-9-19)12-14-2-4-17-5-3-14/h14-17H,2-13H2,1H3. The summed E-state index contributed by atoms with van der Waals surface area (Å²) in [4.78, 5) is 5.38. The molecule has 1 aliphatic carbocycles. The van der Waals surface area contributed by atoms with Gasteiger partial charge in [-0.2, -0.15) is 0 Å². The molecule has 0 bridgehead atoms. The fraction of sp³-hybridized carbons (Fsp3) is 1.00. The third kappa shape index (κ3) is 3.94. The molecule has 4 nitrogen and oxygen atoms in total. The van der Waals surface area contributed by atoms with Crippen molar-refractivity contribution in [2.45, 2.75) is 31.8 Å². The van der Waals surface area contributed by atoms with Crippen molar-refractivity contribution < 1.29 is 4.74 Å². The van der Waals surface area contributed by atoms with Crippen molar-refractivity contribution in [1.29, 1.82) is 0 Å². The Labute approximate surface area is 123 Å². The van der Waals surface area contributed by atoms with E-state index in [4.69, 9.17) is 4.74 Å². The first-order chi connectivity index (χ1) is 9.83. The highest BCUT2D eigenvalue weighted by molar-refractivity contribution is 4.84. The van der Waals surface area contributed by atoms with Gasteiger partial charge in [-0.25, -0.2) is 0 Å². The lowest BCUT2D eigenvalue weighted by Crippen LogP contribution is -2.51. The Morgan fingerprint density at radius 3 is 2.00 bits per heavy atom. The fourth-order valence-corrected chi connectivity index (χ4v) is 3.97. The van der Waals surface area contributed by atoms with Crippen LogP contribution >= 0.6 is 0 Å². The number of nitrogens with zero attached hydrogens (tertiary/aromatic N) is 2. The van der Waals surface area contributed by atoms with Gasteiger partial charge in [0.05, 0.1) is 6.10 Å². The van der Waals surface area contributed by atoms with E-state index in [2.05, 4.69) is 15.1 Å². The minimum absolute atomic E-state index is 0.557. The van der Waals surface area contributed by atoms with Crippen LogP contribution in [-0.2, 0) is 4.74 Å². The van der Waals surface area contributed by atoms with Crippen LogP contribution in [0.15, 0.2) is 0 Å². The van der Waals surface area contributed by atoms with E-state index < -0.39 is 0 Å². The van der Waals surface area contributed by atoms with Crippen molar-refractivity contribution in [1.82, 2.24) is 15.1 Å². The van der Waals surface area contributed by atoms with Crippen LogP contribution in [0, 0.1) is 11.8 Å². The SMILES string of the molecule is COC1CC(CN2CCN(CC3CCNCC3)CC2)C1. The lowest BCUT2D eigenvalue weighted by Gasteiger charge is -2.41. The summed E-state index contributed by atoms with van der Waals surface area (Å²) >= 11 is 0. The molecule has 3 fully saturated rings. The summed E-state index contributed by atoms with van der Waals surface area (Å²) in [5.74, 6) is 1.84. The monoisotopic (exact) mass is 281 g/mol. The molecule has 0 unspecified atom stereocenters. The van der Waals surface area contributed by atoms with E-state index in [1.807, 2.05) is 7.11 Å². The number of ether oxygens (including phenoxy) is 1. The first-order valence-corrected chi connectivity index (χ1v) is 8.51. The number of methoxy groups -OCH3 is 1. The summed E-state index contributed by atoms with van der Waals surface area (Å²) in [7, 11) is 1.85. The van der Waals surface area contributed by atoms with Gasteiger partial charge >= 0.3 is 0 Å². The van der Waals surface area contributed by atoms with Crippen molar-refractivity contribution in [3.8, 4) is 0 Å². The van der Waals surface area contributed by atoms with Crippen LogP contribution in [0.3, 0.4) is 0 Å². The first-order valence-electron chi connectivity index (χ1n) is 8.51. The van der Waals surface area contributed by atoms with Gasteiger partial charge in [0.15, 0.2) is 0 Å². The molecule has 3 rings (SSSR count). The molecule has 4 heteroatoms. The van der Waals surface area contributed by atoms with Gasteiger partial charge in [0.1, 0.15) is 0 Å². The van der Waals surface area contributed by atoms with Crippen LogP contribution in [-0.4, -0.2) is 75.4 Å². The van der Waals surface area contributed by atoms with E-state index in [-0.39, 0.29) is 0 Å². The normalized spacial score (nSPS) is 34.0. The molecule has 2 aliphatic heterocycles. The second-order valence-electron chi connectivity index (χ2n) is 6.99. The number of hydrogen-bond donors (Lipinski definition) is 1. The molecule has 1 saturated carbocycles. The Morgan fingerprint density at radius 2 is 1.45 bits per heavy atom. The number of nitrogens with one attached hydrogen (secondary N) is 1. The Bertz CT molecular complexity index is 279. The summed E-state index contributed by atoms with van der Waals surface area (Å²) in [5.41, 5.74) is 0. The predicted molar refractivity (Wildman–Crippen MR) is 82.0 cm³/mol. The summed E-state index contributed by atoms with van der Waals surface area (Å²) in [6, 6.07) is 0. The lowest BCUT2D eigenvalue weighted by atomic mass is 9.82. The molecule has 0 radical (unpaired) electrons. The van der Waals surface area contributed by atoms with Gasteiger partial charge < -0.3 is 19.9 Å². The van der Waals surface area contributed by atoms with Crippen LogP contribution < -0.4 is 5.32 Å². The van der Waals surface area contributed by atoms with Gasteiger partial charge in [0, 0.05) is 46.4 Å². The van der Waals surface area contributed by atoms with Crippen LogP contribution in [0.5, 0.6) is 0 Å². The third-order valence-electron chi connectivity index (χ3n) is 5.48. The Morgan fingerprint density at radius 1 is 0.900 bits per heavy atom. The van der Waals surface area contributed by atoms with Crippen LogP contribution in [0.4, 0.5) is 0 Å². The average molecular weight is 281 g/mol. The molecule has 0 aromatic heterocycles. The third-order valence-corrected chi connectivity index (χ3v) is 5.48. The Kier molecular flexibility index (Phi) is 5.32. The van der Waals surface area contributed by atoms with Crippen LogP contribution in [0.2, 0.25) is 0 Å². The summed E-state index contributed by atoms with van der Waals surface area (Å²) < 4.78 is 5.38. The van der Waals surface area contributed by atoms with Gasteiger partial charge in [0.25, 0.3) is 0 Å². The molecule has 2 saturated heterocycles. The maximum Gasteiger partial charge on any atom is 0.0577 e. The maximum absolute atomic E-state index is 5.38. The second-order valence-corrected chi connectivity index (χ2v) is 6.99. The van der Waals surface area contributed by atoms with Gasteiger partial charge in [-0.05, 0) is 50.6 Å². The summed E-state index contributed by atoms with van der Waals surface area (Å²) in [6.45, 7) is 10.2. The van der Waals surface area contributed by atoms with Crippen molar-refractivity contribution >= 4 is 0 Å². The van der Waals surface area contributed by atoms with Crippen LogP contribution in [0.1, 0.15) is 25.7 Å². The van der Waals surface area contributed by atoms with Gasteiger partial charge in [-0.3, -0.25) is 0 Å². The zero-order valence-electron chi connectivity index (χ0n) is 13.0. The Balaban J connectivity index is 1.30. The zero-order chi connectivity index (χ0) is 13.8. The molecule has 1 N–H and O–H groups in total. The number of rotatable bonds is 5. The molecular weight excluding hydrogens is 250 g/mol. The summed E-state index contributed by atoms with van der Waals surface area (Å²) in [5, 5.41) is 3.46. The van der Waals surface area contributed by atoms with Gasteiger partial charge in [-0.1, -0.05) is 0 Å². The first kappa shape index (κ1) is 14.8. The topological polar surface area (TPSA) is 27.7 Å². The molecule has 0 aromatic rings. The molecular formula is C16H31N3O. The van der Waals surface area contributed by atoms with E-state index >= 15 is 0 Å². The van der Waals surface area contributed by atoms with E-state index in [1.54, 1.807) is 0 Å². The predicted octanol–water partition coefficient (Wildman–Crippen LogP) is 1.03. The van der Waals surface area contributed by atoms with Gasteiger partial charge in [0.2, 0.25) is 0 Å². The number of piperidine rings is 1. The molecule has 116 valence electrons. The minimum Gasteiger partial charge on any atom is -0.381 e. The summed E-state index contributed by atoms with van der Waals surface area (Å²) in [6.07, 6.45) is 5.88. The largest absolute Gasteiger partial charge is 0.381 e. The fourth-order valence-electron chi connectivity index (χ4n) is 3.97. The smallest absolute Gasteiger partial charge is 0.0577 e. The Hall–Kier alpha value is -0.160. The van der Waals surface area contributed by atoms with E-state index in [0.717, 1.165) is 11.8 Å². The highest BCUT2D eigenvalue weighted by Crippen LogP contribution is 2.30. The van der Waals surface area contributed by atoms with Crippen molar-refractivity contribution in [3.05, 3.63) is 0 Å². The molecule has 2 heterocycles. The minimum atomic E-state index is 0.557.